The van der Waals surface area contributed by atoms with Crippen LogP contribution in [0.4, 0.5) is 0 Å². The largest absolute Gasteiger partial charge is 0.505 e. The molecule has 1 aromatic carbocycles. The second-order valence-electron chi connectivity index (χ2n) is 6.44. The van der Waals surface area contributed by atoms with Crippen molar-refractivity contribution in [3.05, 3.63) is 95.7 Å². The SMILES string of the molecule is Cc1ccnc(CC(c2ccncc2)c2ccc3cccnc3c2O)c1. The van der Waals surface area contributed by atoms with Crippen molar-refractivity contribution in [3.63, 3.8) is 0 Å². The number of aromatic nitrogens is 3. The minimum Gasteiger partial charge on any atom is -0.505 e. The minimum atomic E-state index is -0.0290. The molecule has 26 heavy (non-hydrogen) atoms. The summed E-state index contributed by atoms with van der Waals surface area (Å²) in [6.45, 7) is 2.06. The van der Waals surface area contributed by atoms with E-state index in [1.54, 1.807) is 18.6 Å². The van der Waals surface area contributed by atoms with Gasteiger partial charge in [-0.3, -0.25) is 15.0 Å². The molecule has 4 rings (SSSR count). The third-order valence-electron chi connectivity index (χ3n) is 4.65. The van der Waals surface area contributed by atoms with Gasteiger partial charge in [0.05, 0.1) is 0 Å². The highest BCUT2D eigenvalue weighted by Gasteiger charge is 2.21. The Morgan fingerprint density at radius 3 is 2.58 bits per heavy atom. The van der Waals surface area contributed by atoms with Gasteiger partial charge in [-0.2, -0.15) is 0 Å². The number of hydrogen-bond donors (Lipinski definition) is 1. The summed E-state index contributed by atoms with van der Waals surface area (Å²) in [5.41, 5.74) is 4.74. The first kappa shape index (κ1) is 16.2. The number of nitrogens with zero attached hydrogens (tertiary/aromatic N) is 3. The lowest BCUT2D eigenvalue weighted by atomic mass is 9.86. The van der Waals surface area contributed by atoms with Gasteiger partial charge in [-0.1, -0.05) is 18.2 Å². The lowest BCUT2D eigenvalue weighted by molar-refractivity contribution is 0.469. The summed E-state index contributed by atoms with van der Waals surface area (Å²) in [7, 11) is 0. The Morgan fingerprint density at radius 1 is 0.923 bits per heavy atom. The van der Waals surface area contributed by atoms with Crippen molar-refractivity contribution in [2.24, 2.45) is 0 Å². The molecule has 0 amide bonds. The van der Waals surface area contributed by atoms with Crippen LogP contribution in [0.15, 0.2) is 73.3 Å². The molecule has 0 saturated carbocycles. The smallest absolute Gasteiger partial charge is 0.145 e. The zero-order valence-electron chi connectivity index (χ0n) is 14.5. The van der Waals surface area contributed by atoms with Crippen molar-refractivity contribution in [1.82, 2.24) is 15.0 Å². The van der Waals surface area contributed by atoms with E-state index in [0.717, 1.165) is 22.2 Å². The molecule has 4 aromatic rings. The van der Waals surface area contributed by atoms with Crippen molar-refractivity contribution in [3.8, 4) is 5.75 Å². The topological polar surface area (TPSA) is 58.9 Å². The molecule has 0 radical (unpaired) electrons. The second kappa shape index (κ2) is 6.92. The van der Waals surface area contributed by atoms with Gasteiger partial charge < -0.3 is 5.11 Å². The molecule has 0 spiro atoms. The first-order chi connectivity index (χ1) is 12.7. The van der Waals surface area contributed by atoms with E-state index in [2.05, 4.69) is 27.9 Å². The fraction of sp³-hybridized carbons (Fsp3) is 0.136. The van der Waals surface area contributed by atoms with E-state index < -0.39 is 0 Å². The van der Waals surface area contributed by atoms with Crippen molar-refractivity contribution in [1.29, 1.82) is 0 Å². The quantitative estimate of drug-likeness (QED) is 0.597. The molecule has 1 atom stereocenters. The number of benzene rings is 1. The van der Waals surface area contributed by atoms with Crippen LogP contribution in [-0.4, -0.2) is 20.1 Å². The van der Waals surface area contributed by atoms with Crippen molar-refractivity contribution in [2.45, 2.75) is 19.3 Å². The van der Waals surface area contributed by atoms with E-state index >= 15 is 0 Å². The van der Waals surface area contributed by atoms with E-state index in [0.29, 0.717) is 11.9 Å². The van der Waals surface area contributed by atoms with Gasteiger partial charge in [0, 0.05) is 53.8 Å². The second-order valence-corrected chi connectivity index (χ2v) is 6.44. The zero-order chi connectivity index (χ0) is 17.9. The summed E-state index contributed by atoms with van der Waals surface area (Å²) in [5.74, 6) is 0.205. The van der Waals surface area contributed by atoms with Gasteiger partial charge in [-0.25, -0.2) is 0 Å². The van der Waals surface area contributed by atoms with Gasteiger partial charge in [-0.15, -0.1) is 0 Å². The van der Waals surface area contributed by atoms with Crippen LogP contribution in [0.2, 0.25) is 0 Å². The number of rotatable bonds is 4. The first-order valence-corrected chi connectivity index (χ1v) is 8.60. The summed E-state index contributed by atoms with van der Waals surface area (Å²) in [6.07, 6.45) is 7.79. The molecule has 3 aromatic heterocycles. The van der Waals surface area contributed by atoms with Crippen LogP contribution in [0.5, 0.6) is 5.75 Å². The highest BCUT2D eigenvalue weighted by Crippen LogP contribution is 2.37. The Labute approximate surface area is 152 Å². The van der Waals surface area contributed by atoms with Gasteiger partial charge in [-0.05, 0) is 48.4 Å². The summed E-state index contributed by atoms with van der Waals surface area (Å²) in [4.78, 5) is 13.0. The molecular weight excluding hydrogens is 322 g/mol. The molecule has 1 N–H and O–H groups in total. The predicted octanol–water partition coefficient (Wildman–Crippen LogP) is 4.41. The van der Waals surface area contributed by atoms with Gasteiger partial charge >= 0.3 is 0 Å². The average Bonchev–Trinajstić information content (AvgIpc) is 2.68. The zero-order valence-corrected chi connectivity index (χ0v) is 14.5. The number of aromatic hydroxyl groups is 1. The molecule has 0 aliphatic heterocycles. The van der Waals surface area contributed by atoms with E-state index in [9.17, 15) is 5.11 Å². The van der Waals surface area contributed by atoms with Crippen molar-refractivity contribution >= 4 is 10.9 Å². The summed E-state index contributed by atoms with van der Waals surface area (Å²) >= 11 is 0. The van der Waals surface area contributed by atoms with Crippen LogP contribution in [0, 0.1) is 6.92 Å². The summed E-state index contributed by atoms with van der Waals surface area (Å²) in [6, 6.07) is 15.9. The van der Waals surface area contributed by atoms with E-state index in [-0.39, 0.29) is 11.7 Å². The Hall–Kier alpha value is -3.27. The fourth-order valence-corrected chi connectivity index (χ4v) is 3.35. The monoisotopic (exact) mass is 341 g/mol. The molecule has 0 saturated heterocycles. The van der Waals surface area contributed by atoms with Gasteiger partial charge in [0.15, 0.2) is 0 Å². The van der Waals surface area contributed by atoms with Crippen LogP contribution in [0.3, 0.4) is 0 Å². The highest BCUT2D eigenvalue weighted by atomic mass is 16.3. The molecule has 0 aliphatic rings. The molecule has 0 fully saturated rings. The Kier molecular flexibility index (Phi) is 4.32. The standard InChI is InChI=1S/C22H19N3O/c1-15-6-12-24-18(13-15)14-20(16-7-10-23-11-8-16)19-5-4-17-3-2-9-25-21(17)22(19)26/h2-13,20,26H,14H2,1H3. The molecular formula is C22H19N3O. The van der Waals surface area contributed by atoms with E-state index in [1.165, 1.54) is 5.56 Å². The predicted molar refractivity (Wildman–Crippen MR) is 102 cm³/mol. The maximum atomic E-state index is 10.9. The van der Waals surface area contributed by atoms with Crippen molar-refractivity contribution < 1.29 is 5.11 Å². The van der Waals surface area contributed by atoms with Gasteiger partial charge in [0.2, 0.25) is 0 Å². The Morgan fingerprint density at radius 2 is 1.77 bits per heavy atom. The molecule has 0 aliphatic carbocycles. The third kappa shape index (κ3) is 3.14. The Balaban J connectivity index is 1.84. The third-order valence-corrected chi connectivity index (χ3v) is 4.65. The van der Waals surface area contributed by atoms with Crippen molar-refractivity contribution in [2.75, 3.05) is 0 Å². The van der Waals surface area contributed by atoms with Gasteiger partial charge in [0.1, 0.15) is 11.3 Å². The van der Waals surface area contributed by atoms with Crippen LogP contribution in [-0.2, 0) is 6.42 Å². The number of hydrogen-bond acceptors (Lipinski definition) is 4. The number of aryl methyl sites for hydroxylation is 1. The highest BCUT2D eigenvalue weighted by molar-refractivity contribution is 5.85. The van der Waals surface area contributed by atoms with Crippen LogP contribution < -0.4 is 0 Å². The molecule has 0 bridgehead atoms. The van der Waals surface area contributed by atoms with Crippen LogP contribution in [0.25, 0.3) is 10.9 Å². The fourth-order valence-electron chi connectivity index (χ4n) is 3.35. The minimum absolute atomic E-state index is 0.0290. The maximum Gasteiger partial charge on any atom is 0.145 e. The lowest BCUT2D eigenvalue weighted by Gasteiger charge is -2.20. The number of pyridine rings is 3. The normalized spacial score (nSPS) is 12.2. The number of phenols is 1. The number of phenolic OH excluding ortho intramolecular Hbond substituents is 1. The number of fused-ring (bicyclic) bond motifs is 1. The summed E-state index contributed by atoms with van der Waals surface area (Å²) < 4.78 is 0. The summed E-state index contributed by atoms with van der Waals surface area (Å²) in [5, 5.41) is 11.8. The molecule has 4 heteroatoms. The first-order valence-electron chi connectivity index (χ1n) is 8.60. The lowest BCUT2D eigenvalue weighted by Crippen LogP contribution is -2.07. The van der Waals surface area contributed by atoms with Crippen LogP contribution >= 0.6 is 0 Å². The molecule has 4 nitrogen and oxygen atoms in total. The maximum absolute atomic E-state index is 10.9. The van der Waals surface area contributed by atoms with Gasteiger partial charge in [0.25, 0.3) is 0 Å². The van der Waals surface area contributed by atoms with Crippen LogP contribution in [0.1, 0.15) is 28.3 Å². The molecule has 128 valence electrons. The molecule has 1 unspecified atom stereocenters. The van der Waals surface area contributed by atoms with E-state index in [4.69, 9.17) is 0 Å². The van der Waals surface area contributed by atoms with E-state index in [1.807, 2.05) is 48.7 Å². The average molecular weight is 341 g/mol. The molecule has 3 heterocycles. The Bertz CT molecular complexity index is 1050.